The molecular weight excluding hydrogens is 376 g/mol. The number of hydrogen-bond acceptors (Lipinski definition) is 5. The van der Waals surface area contributed by atoms with Crippen LogP contribution in [-0.4, -0.2) is 22.5 Å². The van der Waals surface area contributed by atoms with E-state index in [-0.39, 0.29) is 19.0 Å². The SMILES string of the molecule is O=C(Cc1cnc(-c2ccccc2Cl)cn1)C1(c2ccc3c(c2)OCO3)CC1. The standard InChI is InChI=1S/C22H17ClN2O3/c23-17-4-2-1-3-16(17)18-12-24-15(11-25-18)10-21(26)22(7-8-22)14-5-6-19-20(9-14)28-13-27-19/h1-6,9,11-12H,7-8,10,13H2. The molecule has 0 saturated heterocycles. The molecule has 140 valence electrons. The maximum Gasteiger partial charge on any atom is 0.231 e. The summed E-state index contributed by atoms with van der Waals surface area (Å²) in [5.41, 5.74) is 2.73. The van der Waals surface area contributed by atoms with Crippen molar-refractivity contribution in [2.75, 3.05) is 6.79 Å². The van der Waals surface area contributed by atoms with Gasteiger partial charge in [-0.05, 0) is 36.6 Å². The number of carbonyl (C=O) groups is 1. The zero-order valence-corrected chi connectivity index (χ0v) is 15.8. The summed E-state index contributed by atoms with van der Waals surface area (Å²) < 4.78 is 10.8. The van der Waals surface area contributed by atoms with Crippen molar-refractivity contribution in [3.63, 3.8) is 0 Å². The summed E-state index contributed by atoms with van der Waals surface area (Å²) in [6.07, 6.45) is 5.27. The molecule has 5 rings (SSSR count). The summed E-state index contributed by atoms with van der Waals surface area (Å²) in [6.45, 7) is 0.229. The molecule has 0 spiro atoms. The van der Waals surface area contributed by atoms with Crippen LogP contribution in [0.4, 0.5) is 0 Å². The Kier molecular flexibility index (Phi) is 4.05. The van der Waals surface area contributed by atoms with Gasteiger partial charge < -0.3 is 9.47 Å². The van der Waals surface area contributed by atoms with Crippen LogP contribution >= 0.6 is 11.6 Å². The minimum atomic E-state index is -0.440. The zero-order chi connectivity index (χ0) is 19.1. The van der Waals surface area contributed by atoms with Crippen molar-refractivity contribution in [3.8, 4) is 22.8 Å². The highest BCUT2D eigenvalue weighted by Gasteiger charge is 2.51. The van der Waals surface area contributed by atoms with Gasteiger partial charge in [0, 0.05) is 11.8 Å². The molecule has 6 heteroatoms. The number of rotatable bonds is 5. The number of benzene rings is 2. The second-order valence-corrected chi connectivity index (χ2v) is 7.53. The number of hydrogen-bond donors (Lipinski definition) is 0. The number of carbonyl (C=O) groups excluding carboxylic acids is 1. The van der Waals surface area contributed by atoms with E-state index in [1.165, 1.54) is 0 Å². The van der Waals surface area contributed by atoms with E-state index in [1.807, 2.05) is 42.5 Å². The fraction of sp³-hybridized carbons (Fsp3) is 0.227. The molecule has 0 bridgehead atoms. The Morgan fingerprint density at radius 3 is 2.61 bits per heavy atom. The van der Waals surface area contributed by atoms with Crippen molar-refractivity contribution in [2.24, 2.45) is 0 Å². The first-order chi connectivity index (χ1) is 13.7. The summed E-state index contributed by atoms with van der Waals surface area (Å²) in [5.74, 6) is 1.60. The molecule has 28 heavy (non-hydrogen) atoms. The van der Waals surface area contributed by atoms with Gasteiger partial charge in [0.1, 0.15) is 5.78 Å². The normalized spacial score (nSPS) is 16.0. The van der Waals surface area contributed by atoms with E-state index in [9.17, 15) is 4.79 Å². The van der Waals surface area contributed by atoms with Gasteiger partial charge in [-0.2, -0.15) is 0 Å². The van der Waals surface area contributed by atoms with Crippen LogP contribution in [0, 0.1) is 0 Å². The molecule has 0 atom stereocenters. The summed E-state index contributed by atoms with van der Waals surface area (Å²) in [5, 5.41) is 0.625. The van der Waals surface area contributed by atoms with Crippen molar-refractivity contribution in [2.45, 2.75) is 24.7 Å². The van der Waals surface area contributed by atoms with Crippen molar-refractivity contribution in [3.05, 3.63) is 71.1 Å². The number of nitrogens with zero attached hydrogens (tertiary/aromatic N) is 2. The van der Waals surface area contributed by atoms with Crippen LogP contribution < -0.4 is 9.47 Å². The molecule has 0 N–H and O–H groups in total. The van der Waals surface area contributed by atoms with Gasteiger partial charge in [0.15, 0.2) is 11.5 Å². The lowest BCUT2D eigenvalue weighted by molar-refractivity contribution is -0.120. The van der Waals surface area contributed by atoms with Crippen LogP contribution in [0.3, 0.4) is 0 Å². The molecule has 0 unspecified atom stereocenters. The van der Waals surface area contributed by atoms with Crippen LogP contribution in [0.25, 0.3) is 11.3 Å². The number of Topliss-reactive ketones (excluding diaryl/α,β-unsaturated/α-hetero) is 1. The largest absolute Gasteiger partial charge is 0.454 e. The maximum absolute atomic E-state index is 13.0. The number of ether oxygens (including phenoxy) is 2. The van der Waals surface area contributed by atoms with Gasteiger partial charge in [0.25, 0.3) is 0 Å². The average Bonchev–Trinajstić information content (AvgIpc) is 3.40. The van der Waals surface area contributed by atoms with E-state index in [4.69, 9.17) is 21.1 Å². The summed E-state index contributed by atoms with van der Waals surface area (Å²) in [6, 6.07) is 13.3. The minimum absolute atomic E-state index is 0.158. The van der Waals surface area contributed by atoms with Gasteiger partial charge in [-0.3, -0.25) is 14.8 Å². The molecular formula is C22H17ClN2O3. The van der Waals surface area contributed by atoms with E-state index in [0.717, 1.165) is 29.7 Å². The third-order valence-electron chi connectivity index (χ3n) is 5.41. The van der Waals surface area contributed by atoms with Crippen LogP contribution in [0.5, 0.6) is 11.5 Å². The summed E-state index contributed by atoms with van der Waals surface area (Å²) >= 11 is 6.22. The van der Waals surface area contributed by atoms with Gasteiger partial charge in [-0.1, -0.05) is 35.9 Å². The van der Waals surface area contributed by atoms with Gasteiger partial charge in [-0.15, -0.1) is 0 Å². The van der Waals surface area contributed by atoms with E-state index in [1.54, 1.807) is 12.4 Å². The number of aromatic nitrogens is 2. The Bertz CT molecular complexity index is 1060. The minimum Gasteiger partial charge on any atom is -0.454 e. The quantitative estimate of drug-likeness (QED) is 0.645. The molecule has 0 radical (unpaired) electrons. The van der Waals surface area contributed by atoms with Crippen molar-refractivity contribution < 1.29 is 14.3 Å². The first kappa shape index (κ1) is 17.2. The monoisotopic (exact) mass is 392 g/mol. The van der Waals surface area contributed by atoms with Crippen LogP contribution in [0.15, 0.2) is 54.9 Å². The molecule has 2 aromatic carbocycles. The third-order valence-corrected chi connectivity index (χ3v) is 5.74. The molecule has 3 aromatic rings. The van der Waals surface area contributed by atoms with Crippen molar-refractivity contribution in [1.82, 2.24) is 9.97 Å². The number of halogens is 1. The lowest BCUT2D eigenvalue weighted by Crippen LogP contribution is -2.23. The predicted molar refractivity (Wildman–Crippen MR) is 105 cm³/mol. The van der Waals surface area contributed by atoms with Crippen LogP contribution in [-0.2, 0) is 16.6 Å². The highest BCUT2D eigenvalue weighted by atomic mass is 35.5. The molecule has 5 nitrogen and oxygen atoms in total. The highest BCUT2D eigenvalue weighted by Crippen LogP contribution is 2.51. The fourth-order valence-electron chi connectivity index (χ4n) is 3.64. The number of ketones is 1. The zero-order valence-electron chi connectivity index (χ0n) is 15.0. The fourth-order valence-corrected chi connectivity index (χ4v) is 3.87. The van der Waals surface area contributed by atoms with Gasteiger partial charge in [0.05, 0.1) is 34.4 Å². The molecule has 2 heterocycles. The van der Waals surface area contributed by atoms with E-state index in [2.05, 4.69) is 9.97 Å². The molecule has 1 fully saturated rings. The van der Waals surface area contributed by atoms with Gasteiger partial charge in [0.2, 0.25) is 6.79 Å². The molecule has 0 amide bonds. The first-order valence-corrected chi connectivity index (χ1v) is 9.53. The lowest BCUT2D eigenvalue weighted by Gasteiger charge is -2.15. The topological polar surface area (TPSA) is 61.3 Å². The first-order valence-electron chi connectivity index (χ1n) is 9.15. The van der Waals surface area contributed by atoms with Crippen LogP contribution in [0.1, 0.15) is 24.1 Å². The summed E-state index contributed by atoms with van der Waals surface area (Å²) in [7, 11) is 0. The maximum atomic E-state index is 13.0. The predicted octanol–water partition coefficient (Wildman–Crippen LogP) is 4.37. The highest BCUT2D eigenvalue weighted by molar-refractivity contribution is 6.33. The van der Waals surface area contributed by atoms with E-state index in [0.29, 0.717) is 22.2 Å². The molecule has 1 aliphatic heterocycles. The second-order valence-electron chi connectivity index (χ2n) is 7.12. The smallest absolute Gasteiger partial charge is 0.231 e. The summed E-state index contributed by atoms with van der Waals surface area (Å²) in [4.78, 5) is 21.9. The second kappa shape index (κ2) is 6.60. The lowest BCUT2D eigenvalue weighted by atomic mass is 9.89. The Hall–Kier alpha value is -2.92. The molecule has 1 aliphatic carbocycles. The van der Waals surface area contributed by atoms with Gasteiger partial charge >= 0.3 is 0 Å². The van der Waals surface area contributed by atoms with Crippen molar-refractivity contribution in [1.29, 1.82) is 0 Å². The molecule has 1 aromatic heterocycles. The molecule has 1 saturated carbocycles. The van der Waals surface area contributed by atoms with E-state index < -0.39 is 5.41 Å². The Balaban J connectivity index is 1.35. The Morgan fingerprint density at radius 2 is 1.86 bits per heavy atom. The van der Waals surface area contributed by atoms with Crippen molar-refractivity contribution >= 4 is 17.4 Å². The number of fused-ring (bicyclic) bond motifs is 1. The third kappa shape index (κ3) is 2.92. The van der Waals surface area contributed by atoms with E-state index >= 15 is 0 Å². The van der Waals surface area contributed by atoms with Gasteiger partial charge in [-0.25, -0.2) is 0 Å². The molecule has 2 aliphatic rings. The Morgan fingerprint density at radius 1 is 1.04 bits per heavy atom. The van der Waals surface area contributed by atoms with Crippen LogP contribution in [0.2, 0.25) is 5.02 Å². The Labute approximate surface area is 167 Å². The average molecular weight is 393 g/mol.